The molecule has 1 aromatic carbocycles. The van der Waals surface area contributed by atoms with E-state index in [0.717, 1.165) is 17.9 Å². The summed E-state index contributed by atoms with van der Waals surface area (Å²) in [4.78, 5) is 12.1. The van der Waals surface area contributed by atoms with E-state index in [2.05, 4.69) is 22.5 Å². The maximum atomic E-state index is 12.1. The molecule has 1 saturated carbocycles. The lowest BCUT2D eigenvalue weighted by Crippen LogP contribution is -2.37. The first kappa shape index (κ1) is 17.0. The summed E-state index contributed by atoms with van der Waals surface area (Å²) in [5.74, 6) is 0.632. The van der Waals surface area contributed by atoms with E-state index in [0.29, 0.717) is 29.6 Å². The predicted molar refractivity (Wildman–Crippen MR) is 92.8 cm³/mol. The molecule has 2 N–H and O–H groups in total. The van der Waals surface area contributed by atoms with Crippen LogP contribution in [0.25, 0.3) is 0 Å². The van der Waals surface area contributed by atoms with Crippen LogP contribution in [0.15, 0.2) is 30.5 Å². The molecule has 1 heterocycles. The Morgan fingerprint density at radius 3 is 2.67 bits per heavy atom. The van der Waals surface area contributed by atoms with Crippen LogP contribution in [0.1, 0.15) is 41.7 Å². The van der Waals surface area contributed by atoms with E-state index in [4.69, 9.17) is 11.6 Å². The molecular formula is C18H22ClN3O2. The van der Waals surface area contributed by atoms with Crippen LogP contribution < -0.4 is 5.32 Å². The average Bonchev–Trinajstić information content (AvgIpc) is 2.85. The topological polar surface area (TPSA) is 67.1 Å². The van der Waals surface area contributed by atoms with E-state index in [-0.39, 0.29) is 5.91 Å². The minimum atomic E-state index is -1.16. The van der Waals surface area contributed by atoms with Gasteiger partial charge in [0.15, 0.2) is 6.10 Å². The van der Waals surface area contributed by atoms with Crippen molar-refractivity contribution >= 4 is 17.5 Å². The van der Waals surface area contributed by atoms with Crippen LogP contribution >= 0.6 is 11.6 Å². The Morgan fingerprint density at radius 1 is 1.42 bits per heavy atom. The summed E-state index contributed by atoms with van der Waals surface area (Å²) in [7, 11) is 1.77. The Hall–Kier alpha value is -1.85. The Kier molecular flexibility index (Phi) is 4.92. The van der Waals surface area contributed by atoms with Crippen LogP contribution in [-0.4, -0.2) is 27.3 Å². The number of carbonyl (C=O) groups is 1. The van der Waals surface area contributed by atoms with Gasteiger partial charge >= 0.3 is 0 Å². The lowest BCUT2D eigenvalue weighted by atomic mass is 9.71. The van der Waals surface area contributed by atoms with Gasteiger partial charge in [-0.25, -0.2) is 0 Å². The second-order valence-corrected chi connectivity index (χ2v) is 7.01. The molecule has 6 heteroatoms. The maximum absolute atomic E-state index is 12.1. The minimum Gasteiger partial charge on any atom is -0.378 e. The second-order valence-electron chi connectivity index (χ2n) is 6.58. The molecule has 1 aliphatic rings. The largest absolute Gasteiger partial charge is 0.378 e. The number of aliphatic hydroxyl groups excluding tert-OH is 1. The summed E-state index contributed by atoms with van der Waals surface area (Å²) in [6.07, 6.45) is 2.61. The Balaban J connectivity index is 1.46. The van der Waals surface area contributed by atoms with Crippen molar-refractivity contribution in [2.75, 3.05) is 6.54 Å². The molecule has 3 rings (SSSR count). The van der Waals surface area contributed by atoms with Crippen molar-refractivity contribution < 1.29 is 9.90 Å². The average molecular weight is 348 g/mol. The quantitative estimate of drug-likeness (QED) is 0.874. The van der Waals surface area contributed by atoms with E-state index >= 15 is 0 Å². The number of nitrogens with zero attached hydrogens (tertiary/aromatic N) is 2. The van der Waals surface area contributed by atoms with Crippen molar-refractivity contribution in [3.05, 3.63) is 52.3 Å². The van der Waals surface area contributed by atoms with Gasteiger partial charge in [0.1, 0.15) is 0 Å². The van der Waals surface area contributed by atoms with Crippen molar-refractivity contribution in [1.29, 1.82) is 0 Å². The van der Waals surface area contributed by atoms with E-state index in [9.17, 15) is 9.90 Å². The van der Waals surface area contributed by atoms with Gasteiger partial charge in [-0.2, -0.15) is 5.10 Å². The molecule has 0 saturated heterocycles. The molecule has 0 radical (unpaired) electrons. The second kappa shape index (κ2) is 6.95. The number of hydrogen-bond acceptors (Lipinski definition) is 3. The molecule has 0 aliphatic heterocycles. The van der Waals surface area contributed by atoms with Crippen LogP contribution in [0.3, 0.4) is 0 Å². The van der Waals surface area contributed by atoms with Gasteiger partial charge in [0.05, 0.1) is 5.69 Å². The molecule has 1 atom stereocenters. The van der Waals surface area contributed by atoms with Crippen molar-refractivity contribution in [3.8, 4) is 0 Å². The summed E-state index contributed by atoms with van der Waals surface area (Å²) >= 11 is 5.91. The van der Waals surface area contributed by atoms with Gasteiger partial charge in [0.2, 0.25) is 0 Å². The fourth-order valence-corrected chi connectivity index (χ4v) is 3.40. The fraction of sp³-hybridized carbons (Fsp3) is 0.444. The van der Waals surface area contributed by atoms with Gasteiger partial charge in [0, 0.05) is 30.4 Å². The van der Waals surface area contributed by atoms with E-state index in [1.165, 1.54) is 5.56 Å². The van der Waals surface area contributed by atoms with Crippen LogP contribution in [0.5, 0.6) is 0 Å². The number of benzene rings is 1. The molecule has 1 aromatic heterocycles. The number of carbonyl (C=O) groups excluding carboxylic acids is 1. The highest BCUT2D eigenvalue weighted by molar-refractivity contribution is 6.30. The third kappa shape index (κ3) is 3.62. The summed E-state index contributed by atoms with van der Waals surface area (Å²) in [5, 5.41) is 17.9. The number of rotatable bonds is 5. The van der Waals surface area contributed by atoms with Crippen LogP contribution in [0, 0.1) is 12.8 Å². The molecule has 128 valence electrons. The van der Waals surface area contributed by atoms with Crippen LogP contribution in [0.2, 0.25) is 5.02 Å². The van der Waals surface area contributed by atoms with Crippen molar-refractivity contribution in [1.82, 2.24) is 15.1 Å². The molecule has 1 unspecified atom stereocenters. The third-order valence-electron chi connectivity index (χ3n) is 4.74. The molecule has 0 spiro atoms. The molecule has 2 aromatic rings. The van der Waals surface area contributed by atoms with Crippen molar-refractivity contribution in [2.45, 2.75) is 31.8 Å². The highest BCUT2D eigenvalue weighted by Gasteiger charge is 2.31. The Morgan fingerprint density at radius 2 is 2.08 bits per heavy atom. The zero-order valence-electron chi connectivity index (χ0n) is 13.9. The first-order valence-corrected chi connectivity index (χ1v) is 8.53. The SMILES string of the molecule is Cc1nn(C)cc1C(O)C(=O)NCC1CC(c2ccc(Cl)cc2)C1. The molecule has 24 heavy (non-hydrogen) atoms. The molecular weight excluding hydrogens is 326 g/mol. The standard InChI is InChI=1S/C18H22ClN3O2/c1-11-16(10-22(2)21-11)17(23)18(24)20-9-12-7-14(8-12)13-3-5-15(19)6-4-13/h3-6,10,12,14,17,23H,7-9H2,1-2H3,(H,20,24). The molecule has 1 fully saturated rings. The van der Waals surface area contributed by atoms with E-state index in [1.54, 1.807) is 24.9 Å². The number of nitrogens with one attached hydrogen (secondary N) is 1. The van der Waals surface area contributed by atoms with Gasteiger partial charge in [-0.3, -0.25) is 9.48 Å². The lowest BCUT2D eigenvalue weighted by Gasteiger charge is -2.36. The first-order chi connectivity index (χ1) is 11.4. The van der Waals surface area contributed by atoms with E-state index in [1.807, 2.05) is 12.1 Å². The minimum absolute atomic E-state index is 0.360. The van der Waals surface area contributed by atoms with Crippen molar-refractivity contribution in [2.24, 2.45) is 13.0 Å². The van der Waals surface area contributed by atoms with Crippen molar-refractivity contribution in [3.63, 3.8) is 0 Å². The smallest absolute Gasteiger partial charge is 0.253 e. The highest BCUT2D eigenvalue weighted by atomic mass is 35.5. The number of hydrogen-bond donors (Lipinski definition) is 2. The third-order valence-corrected chi connectivity index (χ3v) is 4.99. The number of aromatic nitrogens is 2. The fourth-order valence-electron chi connectivity index (χ4n) is 3.28. The first-order valence-electron chi connectivity index (χ1n) is 8.15. The number of amides is 1. The summed E-state index contributed by atoms with van der Waals surface area (Å²) in [6.45, 7) is 2.38. The monoisotopic (exact) mass is 347 g/mol. The van der Waals surface area contributed by atoms with E-state index < -0.39 is 6.10 Å². The van der Waals surface area contributed by atoms with Crippen LogP contribution in [0.4, 0.5) is 0 Å². The predicted octanol–water partition coefficient (Wildman–Crippen LogP) is 2.73. The van der Waals surface area contributed by atoms with Gasteiger partial charge in [0.25, 0.3) is 5.91 Å². The zero-order chi connectivity index (χ0) is 17.3. The van der Waals surface area contributed by atoms with Crippen LogP contribution in [-0.2, 0) is 11.8 Å². The normalized spacial score (nSPS) is 21.2. The molecule has 1 amide bonds. The molecule has 5 nitrogen and oxygen atoms in total. The summed E-state index contributed by atoms with van der Waals surface area (Å²) in [5.41, 5.74) is 2.53. The highest BCUT2D eigenvalue weighted by Crippen LogP contribution is 2.41. The van der Waals surface area contributed by atoms with Gasteiger partial charge in [-0.15, -0.1) is 0 Å². The zero-order valence-corrected chi connectivity index (χ0v) is 14.6. The summed E-state index contributed by atoms with van der Waals surface area (Å²) in [6, 6.07) is 7.96. The van der Waals surface area contributed by atoms with Gasteiger partial charge < -0.3 is 10.4 Å². The maximum Gasteiger partial charge on any atom is 0.253 e. The Bertz CT molecular complexity index is 720. The number of halogens is 1. The molecule has 1 aliphatic carbocycles. The number of aliphatic hydroxyl groups is 1. The molecule has 0 bridgehead atoms. The Labute approximate surface area is 146 Å². The summed E-state index contributed by atoms with van der Waals surface area (Å²) < 4.78 is 1.60. The van der Waals surface area contributed by atoms with Gasteiger partial charge in [-0.05, 0) is 49.3 Å². The van der Waals surface area contributed by atoms with Gasteiger partial charge in [-0.1, -0.05) is 23.7 Å². The lowest BCUT2D eigenvalue weighted by molar-refractivity contribution is -0.130. The number of aryl methyl sites for hydroxylation is 2.